The molecule has 5 nitrogen and oxygen atoms in total. The number of halogens is 1. The number of carbonyl (C=O) groups excluding carboxylic acids is 1. The van der Waals surface area contributed by atoms with E-state index in [9.17, 15) is 4.79 Å². The molecule has 0 saturated carbocycles. The number of urea groups is 1. The number of thioether (sulfide) groups is 1. The van der Waals surface area contributed by atoms with Gasteiger partial charge in [0.05, 0.1) is 25.8 Å². The van der Waals surface area contributed by atoms with Gasteiger partial charge in [-0.15, -0.1) is 0 Å². The minimum atomic E-state index is -0.153. The number of hydrazine groups is 1. The molecule has 2 amide bonds. The molecule has 2 rings (SSSR count). The van der Waals surface area contributed by atoms with Crippen LogP contribution in [0.3, 0.4) is 0 Å². The molecule has 1 aromatic carbocycles. The van der Waals surface area contributed by atoms with Crippen molar-refractivity contribution in [3.05, 3.63) is 34.9 Å². The summed E-state index contributed by atoms with van der Waals surface area (Å²) < 4.78 is 5.32. The van der Waals surface area contributed by atoms with Gasteiger partial charge in [-0.25, -0.2) is 10.2 Å². The Morgan fingerprint density at radius 3 is 3.10 bits per heavy atom. The third kappa shape index (κ3) is 4.78. The fraction of sp³-hybridized carbons (Fsp3) is 0.500. The molecule has 0 spiro atoms. The zero-order chi connectivity index (χ0) is 15.1. The van der Waals surface area contributed by atoms with Gasteiger partial charge in [-0.2, -0.15) is 11.8 Å². The molecule has 1 aliphatic rings. The first kappa shape index (κ1) is 16.4. The van der Waals surface area contributed by atoms with E-state index in [0.717, 1.165) is 11.3 Å². The van der Waals surface area contributed by atoms with Crippen LogP contribution in [0.15, 0.2) is 24.3 Å². The maximum Gasteiger partial charge on any atom is 0.332 e. The van der Waals surface area contributed by atoms with E-state index in [1.807, 2.05) is 30.5 Å². The number of carbonyl (C=O) groups is 1. The standard InChI is InChI=1S/C14H20ClN3O2S/c1-21-10-13(11-4-2-3-5-12(11)15)17-14(19)18-7-9-20-8-6-16-18/h2-5,13,16H,6-10H2,1H3,(H,17,19). The van der Waals surface area contributed by atoms with Crippen molar-refractivity contribution < 1.29 is 9.53 Å². The van der Waals surface area contributed by atoms with E-state index in [4.69, 9.17) is 16.3 Å². The summed E-state index contributed by atoms with van der Waals surface area (Å²) >= 11 is 7.91. The number of nitrogens with zero attached hydrogens (tertiary/aromatic N) is 1. The predicted molar refractivity (Wildman–Crippen MR) is 86.6 cm³/mol. The lowest BCUT2D eigenvalue weighted by atomic mass is 10.1. The Labute approximate surface area is 134 Å². The number of nitrogens with one attached hydrogen (secondary N) is 2. The highest BCUT2D eigenvalue weighted by molar-refractivity contribution is 7.98. The van der Waals surface area contributed by atoms with Crippen LogP contribution in [-0.4, -0.2) is 49.4 Å². The van der Waals surface area contributed by atoms with Gasteiger partial charge in [0.25, 0.3) is 0 Å². The lowest BCUT2D eigenvalue weighted by molar-refractivity contribution is 0.143. The molecule has 1 atom stereocenters. The van der Waals surface area contributed by atoms with Crippen LogP contribution in [-0.2, 0) is 4.74 Å². The minimum Gasteiger partial charge on any atom is -0.378 e. The van der Waals surface area contributed by atoms with Crippen molar-refractivity contribution in [2.45, 2.75) is 6.04 Å². The molecule has 21 heavy (non-hydrogen) atoms. The van der Waals surface area contributed by atoms with Crippen LogP contribution in [0.5, 0.6) is 0 Å². The van der Waals surface area contributed by atoms with Crippen molar-refractivity contribution in [1.29, 1.82) is 0 Å². The summed E-state index contributed by atoms with van der Waals surface area (Å²) in [6, 6.07) is 7.33. The summed E-state index contributed by atoms with van der Waals surface area (Å²) in [5.41, 5.74) is 3.99. The Kier molecular flexibility index (Phi) is 6.63. The van der Waals surface area contributed by atoms with Crippen LogP contribution in [0, 0.1) is 0 Å². The first-order valence-corrected chi connectivity index (χ1v) is 8.62. The fourth-order valence-electron chi connectivity index (χ4n) is 2.12. The first-order valence-electron chi connectivity index (χ1n) is 6.85. The summed E-state index contributed by atoms with van der Waals surface area (Å²) in [5, 5.41) is 5.27. The maximum atomic E-state index is 12.4. The Morgan fingerprint density at radius 1 is 1.52 bits per heavy atom. The molecule has 2 N–H and O–H groups in total. The fourth-order valence-corrected chi connectivity index (χ4v) is 2.99. The average Bonchev–Trinajstić information content (AvgIpc) is 2.76. The Balaban J connectivity index is 2.05. The van der Waals surface area contributed by atoms with Crippen molar-refractivity contribution in [3.8, 4) is 0 Å². The molecular formula is C14H20ClN3O2S. The second-order valence-corrected chi connectivity index (χ2v) is 5.97. The molecule has 7 heteroatoms. The summed E-state index contributed by atoms with van der Waals surface area (Å²) in [6.07, 6.45) is 2.01. The van der Waals surface area contributed by atoms with Gasteiger partial charge in [0.15, 0.2) is 0 Å². The van der Waals surface area contributed by atoms with Crippen molar-refractivity contribution >= 4 is 29.4 Å². The molecular weight excluding hydrogens is 310 g/mol. The quantitative estimate of drug-likeness (QED) is 0.890. The monoisotopic (exact) mass is 329 g/mol. The third-order valence-corrected chi connectivity index (χ3v) is 4.18. The highest BCUT2D eigenvalue weighted by atomic mass is 35.5. The molecule has 1 heterocycles. The molecule has 1 saturated heterocycles. The first-order chi connectivity index (χ1) is 10.2. The van der Waals surface area contributed by atoms with Crippen LogP contribution in [0.25, 0.3) is 0 Å². The lowest BCUT2D eigenvalue weighted by Gasteiger charge is -2.25. The third-order valence-electron chi connectivity index (χ3n) is 3.17. The molecule has 1 aliphatic heterocycles. The predicted octanol–water partition coefficient (Wildman–Crippen LogP) is 2.29. The molecule has 0 bridgehead atoms. The van der Waals surface area contributed by atoms with Crippen molar-refractivity contribution in [3.63, 3.8) is 0 Å². The number of benzene rings is 1. The summed E-state index contributed by atoms with van der Waals surface area (Å²) in [6.45, 7) is 2.31. The van der Waals surface area contributed by atoms with Gasteiger partial charge in [-0.1, -0.05) is 29.8 Å². The average molecular weight is 330 g/mol. The van der Waals surface area contributed by atoms with Crippen molar-refractivity contribution in [2.75, 3.05) is 38.3 Å². The largest absolute Gasteiger partial charge is 0.378 e. The Morgan fingerprint density at radius 2 is 2.33 bits per heavy atom. The van der Waals surface area contributed by atoms with Crippen LogP contribution in [0.4, 0.5) is 4.79 Å². The van der Waals surface area contributed by atoms with Gasteiger partial charge in [-0.05, 0) is 17.9 Å². The van der Waals surface area contributed by atoms with E-state index >= 15 is 0 Å². The normalized spacial score (nSPS) is 17.1. The van der Waals surface area contributed by atoms with Gasteiger partial charge in [0.2, 0.25) is 0 Å². The zero-order valence-corrected chi connectivity index (χ0v) is 13.5. The number of hydrogen-bond donors (Lipinski definition) is 2. The Bertz CT molecular complexity index is 467. The van der Waals surface area contributed by atoms with E-state index in [-0.39, 0.29) is 12.1 Å². The Hall–Kier alpha value is -0.950. The van der Waals surface area contributed by atoms with Crippen LogP contribution in [0.1, 0.15) is 11.6 Å². The number of ether oxygens (including phenoxy) is 1. The molecule has 0 aliphatic carbocycles. The number of hydrogen-bond acceptors (Lipinski definition) is 4. The molecule has 1 aromatic rings. The summed E-state index contributed by atoms with van der Waals surface area (Å²) in [7, 11) is 0. The van der Waals surface area contributed by atoms with E-state index in [0.29, 0.717) is 31.3 Å². The number of amides is 2. The zero-order valence-electron chi connectivity index (χ0n) is 12.0. The number of rotatable bonds is 4. The highest BCUT2D eigenvalue weighted by Crippen LogP contribution is 2.25. The maximum absolute atomic E-state index is 12.4. The highest BCUT2D eigenvalue weighted by Gasteiger charge is 2.21. The van der Waals surface area contributed by atoms with Crippen molar-refractivity contribution in [2.24, 2.45) is 0 Å². The van der Waals surface area contributed by atoms with Gasteiger partial charge in [-0.3, -0.25) is 5.01 Å². The van der Waals surface area contributed by atoms with E-state index in [2.05, 4.69) is 10.7 Å². The van der Waals surface area contributed by atoms with E-state index in [1.165, 1.54) is 0 Å². The molecule has 1 fully saturated rings. The second-order valence-electron chi connectivity index (χ2n) is 4.65. The topological polar surface area (TPSA) is 53.6 Å². The van der Waals surface area contributed by atoms with Gasteiger partial charge < -0.3 is 10.1 Å². The van der Waals surface area contributed by atoms with Gasteiger partial charge >= 0.3 is 6.03 Å². The van der Waals surface area contributed by atoms with Gasteiger partial charge in [0, 0.05) is 17.3 Å². The van der Waals surface area contributed by atoms with Crippen LogP contribution >= 0.6 is 23.4 Å². The van der Waals surface area contributed by atoms with Crippen LogP contribution in [0.2, 0.25) is 5.02 Å². The molecule has 116 valence electrons. The molecule has 0 aromatic heterocycles. The minimum absolute atomic E-state index is 0.118. The van der Waals surface area contributed by atoms with E-state index in [1.54, 1.807) is 16.8 Å². The summed E-state index contributed by atoms with van der Waals surface area (Å²) in [4.78, 5) is 12.4. The molecule has 1 unspecified atom stereocenters. The lowest BCUT2D eigenvalue weighted by Crippen LogP contribution is -2.50. The smallest absolute Gasteiger partial charge is 0.332 e. The molecule has 0 radical (unpaired) electrons. The van der Waals surface area contributed by atoms with E-state index < -0.39 is 0 Å². The van der Waals surface area contributed by atoms with Crippen molar-refractivity contribution in [1.82, 2.24) is 15.8 Å². The van der Waals surface area contributed by atoms with Gasteiger partial charge in [0.1, 0.15) is 0 Å². The SMILES string of the molecule is CSCC(NC(=O)N1CCOCCN1)c1ccccc1Cl. The van der Waals surface area contributed by atoms with Crippen LogP contribution < -0.4 is 10.7 Å². The second kappa shape index (κ2) is 8.48. The summed E-state index contributed by atoms with van der Waals surface area (Å²) in [5.74, 6) is 0.764.